The number of hydrogen-bond donors (Lipinski definition) is 1. The number of hydrogen-bond acceptors (Lipinski definition) is 2. The second-order valence-corrected chi connectivity index (χ2v) is 3.75. The molecule has 15 heavy (non-hydrogen) atoms. The minimum Gasteiger partial charge on any atom is -0.507 e. The van der Waals surface area contributed by atoms with Gasteiger partial charge in [-0.05, 0) is 23.1 Å². The first-order valence-corrected chi connectivity index (χ1v) is 5.12. The molecule has 2 nitrogen and oxygen atoms in total. The predicted octanol–water partition coefficient (Wildman–Crippen LogP) is 1.35. The van der Waals surface area contributed by atoms with Gasteiger partial charge >= 0.3 is 0 Å². The molecule has 0 aromatic heterocycles. The summed E-state index contributed by atoms with van der Waals surface area (Å²) in [6.45, 7) is 0.820. The second kappa shape index (κ2) is 3.09. The van der Waals surface area contributed by atoms with Crippen molar-refractivity contribution in [1.82, 2.24) is 0 Å². The standard InChI is InChI=1S/C13H11NO/c15-11-5-1-3-9-6-7-10-4-2-8-14-13(10)12(9)11/h1,3-7,15H,2,8H2. The van der Waals surface area contributed by atoms with Crippen LogP contribution in [-0.2, 0) is 0 Å². The van der Waals surface area contributed by atoms with Crippen molar-refractivity contribution in [2.75, 3.05) is 6.54 Å². The molecule has 1 aliphatic rings. The lowest BCUT2D eigenvalue weighted by Gasteiger charge is -2.05. The normalized spacial score (nSPS) is 14.1. The van der Waals surface area contributed by atoms with Gasteiger partial charge in [-0.3, -0.25) is 4.99 Å². The van der Waals surface area contributed by atoms with Crippen molar-refractivity contribution < 1.29 is 5.11 Å². The quantitative estimate of drug-likeness (QED) is 0.679. The zero-order valence-corrected chi connectivity index (χ0v) is 8.27. The summed E-state index contributed by atoms with van der Waals surface area (Å²) in [5.41, 5.74) is 0. The van der Waals surface area contributed by atoms with Gasteiger partial charge in [0.15, 0.2) is 0 Å². The van der Waals surface area contributed by atoms with Gasteiger partial charge in [0.05, 0.1) is 5.36 Å². The van der Waals surface area contributed by atoms with Crippen LogP contribution in [0, 0.1) is 0 Å². The lowest BCUT2D eigenvalue weighted by Crippen LogP contribution is -2.28. The van der Waals surface area contributed by atoms with Crippen LogP contribution in [0.25, 0.3) is 16.8 Å². The first-order chi connectivity index (χ1) is 7.36. The highest BCUT2D eigenvalue weighted by molar-refractivity contribution is 5.87. The van der Waals surface area contributed by atoms with Crippen LogP contribution in [0.1, 0.15) is 6.42 Å². The molecule has 0 saturated heterocycles. The molecule has 0 amide bonds. The Hall–Kier alpha value is -1.83. The van der Waals surface area contributed by atoms with Crippen LogP contribution in [0.5, 0.6) is 5.75 Å². The molecule has 2 aromatic rings. The van der Waals surface area contributed by atoms with Gasteiger partial charge in [-0.2, -0.15) is 0 Å². The van der Waals surface area contributed by atoms with E-state index in [1.807, 2.05) is 18.2 Å². The van der Waals surface area contributed by atoms with Gasteiger partial charge in [0.1, 0.15) is 5.75 Å². The van der Waals surface area contributed by atoms with E-state index in [1.165, 1.54) is 0 Å². The maximum absolute atomic E-state index is 9.85. The molecule has 0 bridgehead atoms. The number of rotatable bonds is 0. The summed E-state index contributed by atoms with van der Waals surface area (Å²) >= 11 is 0. The van der Waals surface area contributed by atoms with E-state index in [0.29, 0.717) is 5.75 Å². The molecule has 74 valence electrons. The number of phenols is 1. The summed E-state index contributed by atoms with van der Waals surface area (Å²) in [5, 5.41) is 13.9. The van der Waals surface area contributed by atoms with E-state index >= 15 is 0 Å². The number of fused-ring (bicyclic) bond motifs is 3. The molecule has 0 spiro atoms. The van der Waals surface area contributed by atoms with Crippen molar-refractivity contribution in [3.63, 3.8) is 0 Å². The monoisotopic (exact) mass is 197 g/mol. The Labute approximate surface area is 87.2 Å². The largest absolute Gasteiger partial charge is 0.507 e. The van der Waals surface area contributed by atoms with Crippen LogP contribution in [0.3, 0.4) is 0 Å². The molecule has 0 radical (unpaired) electrons. The van der Waals surface area contributed by atoms with E-state index in [9.17, 15) is 5.11 Å². The van der Waals surface area contributed by atoms with E-state index in [2.05, 4.69) is 17.1 Å². The first-order valence-electron chi connectivity index (χ1n) is 5.12. The number of phenolic OH excluding ortho intramolecular Hbond substituents is 1. The second-order valence-electron chi connectivity index (χ2n) is 3.75. The highest BCUT2D eigenvalue weighted by atomic mass is 16.3. The fourth-order valence-corrected chi connectivity index (χ4v) is 2.09. The van der Waals surface area contributed by atoms with Gasteiger partial charge < -0.3 is 5.11 Å². The Bertz CT molecular complexity index is 643. The van der Waals surface area contributed by atoms with Gasteiger partial charge in [-0.25, -0.2) is 0 Å². The van der Waals surface area contributed by atoms with Gasteiger partial charge in [-0.1, -0.05) is 30.3 Å². The third-order valence-electron chi connectivity index (χ3n) is 2.79. The third kappa shape index (κ3) is 1.22. The summed E-state index contributed by atoms with van der Waals surface area (Å²) in [6.07, 6.45) is 3.17. The van der Waals surface area contributed by atoms with E-state index in [4.69, 9.17) is 0 Å². The van der Waals surface area contributed by atoms with Gasteiger partial charge in [0, 0.05) is 11.9 Å². The number of nitrogens with zero attached hydrogens (tertiary/aromatic N) is 1. The molecule has 2 aromatic carbocycles. The van der Waals surface area contributed by atoms with Crippen LogP contribution in [0.4, 0.5) is 0 Å². The van der Waals surface area contributed by atoms with Crippen molar-refractivity contribution in [3.8, 4) is 5.75 Å². The average Bonchev–Trinajstić information content (AvgIpc) is 2.29. The van der Waals surface area contributed by atoms with E-state index in [1.54, 1.807) is 6.07 Å². The zero-order chi connectivity index (χ0) is 10.3. The first kappa shape index (κ1) is 8.48. The smallest absolute Gasteiger partial charge is 0.125 e. The Morgan fingerprint density at radius 2 is 2.07 bits per heavy atom. The molecule has 0 atom stereocenters. The van der Waals surface area contributed by atoms with Crippen molar-refractivity contribution in [2.45, 2.75) is 6.42 Å². The van der Waals surface area contributed by atoms with Crippen LogP contribution >= 0.6 is 0 Å². The Morgan fingerprint density at radius 1 is 1.13 bits per heavy atom. The SMILES string of the molecule is Oc1cccc2ccc3c(c12)=NCCC=3. The zero-order valence-electron chi connectivity index (χ0n) is 8.27. The van der Waals surface area contributed by atoms with Crippen molar-refractivity contribution in [2.24, 2.45) is 4.99 Å². The minimum atomic E-state index is 0.323. The molecule has 0 aliphatic carbocycles. The molecule has 0 fully saturated rings. The summed E-state index contributed by atoms with van der Waals surface area (Å²) < 4.78 is 0. The fourth-order valence-electron chi connectivity index (χ4n) is 2.09. The predicted molar refractivity (Wildman–Crippen MR) is 60.3 cm³/mol. The van der Waals surface area contributed by atoms with Crippen molar-refractivity contribution >= 4 is 16.8 Å². The topological polar surface area (TPSA) is 32.6 Å². The molecule has 1 N–H and O–H groups in total. The van der Waals surface area contributed by atoms with Crippen LogP contribution in [-0.4, -0.2) is 11.7 Å². The molecule has 1 aliphatic heterocycles. The minimum absolute atomic E-state index is 0.323. The highest BCUT2D eigenvalue weighted by Gasteiger charge is 2.04. The molecule has 2 heteroatoms. The van der Waals surface area contributed by atoms with Gasteiger partial charge in [0.2, 0.25) is 0 Å². The van der Waals surface area contributed by atoms with E-state index < -0.39 is 0 Å². The average molecular weight is 197 g/mol. The molecule has 3 rings (SSSR count). The summed E-state index contributed by atoms with van der Waals surface area (Å²) in [7, 11) is 0. The lowest BCUT2D eigenvalue weighted by atomic mass is 10.1. The summed E-state index contributed by atoms with van der Waals surface area (Å²) in [4.78, 5) is 4.49. The fraction of sp³-hybridized carbons (Fsp3) is 0.154. The maximum Gasteiger partial charge on any atom is 0.125 e. The number of aromatic hydroxyl groups is 1. The van der Waals surface area contributed by atoms with Gasteiger partial charge in [0.25, 0.3) is 0 Å². The Morgan fingerprint density at radius 3 is 3.00 bits per heavy atom. The van der Waals surface area contributed by atoms with Gasteiger partial charge in [-0.15, -0.1) is 0 Å². The summed E-state index contributed by atoms with van der Waals surface area (Å²) in [6, 6.07) is 9.67. The Balaban J connectivity index is 2.63. The molecular formula is C13H11NO. The van der Waals surface area contributed by atoms with Crippen LogP contribution < -0.4 is 10.6 Å². The lowest BCUT2D eigenvalue weighted by molar-refractivity contribution is 0.481. The highest BCUT2D eigenvalue weighted by Crippen LogP contribution is 2.19. The Kier molecular flexibility index (Phi) is 1.75. The maximum atomic E-state index is 9.85. The van der Waals surface area contributed by atoms with Crippen LogP contribution in [0.15, 0.2) is 35.3 Å². The number of benzene rings is 2. The van der Waals surface area contributed by atoms with Crippen LogP contribution in [0.2, 0.25) is 0 Å². The molecule has 1 heterocycles. The van der Waals surface area contributed by atoms with E-state index in [0.717, 1.165) is 34.3 Å². The van der Waals surface area contributed by atoms with Crippen molar-refractivity contribution in [1.29, 1.82) is 0 Å². The van der Waals surface area contributed by atoms with Crippen molar-refractivity contribution in [3.05, 3.63) is 40.9 Å². The molecular weight excluding hydrogens is 186 g/mol. The summed E-state index contributed by atoms with van der Waals surface area (Å²) in [5.74, 6) is 0.323. The third-order valence-corrected chi connectivity index (χ3v) is 2.79. The van der Waals surface area contributed by atoms with E-state index in [-0.39, 0.29) is 0 Å². The molecule has 0 unspecified atom stereocenters. The molecule has 0 saturated carbocycles.